The minimum atomic E-state index is 0.0414. The molecule has 4 heteroatoms. The molecule has 110 valence electrons. The van der Waals surface area contributed by atoms with E-state index in [1.807, 2.05) is 24.3 Å². The topological polar surface area (TPSA) is 44.4 Å². The second kappa shape index (κ2) is 6.75. The highest BCUT2D eigenvalue weighted by atomic mass is 16.2. The lowest BCUT2D eigenvalue weighted by molar-refractivity contribution is 0.0827. The fraction of sp³-hybridized carbons (Fsp3) is 0.562. The molecule has 1 fully saturated rings. The van der Waals surface area contributed by atoms with Gasteiger partial charge in [0.25, 0.3) is 5.91 Å². The van der Waals surface area contributed by atoms with Crippen LogP contribution in [0.5, 0.6) is 0 Å². The van der Waals surface area contributed by atoms with Crippen LogP contribution in [-0.4, -0.2) is 43.5 Å². The Morgan fingerprint density at radius 1 is 1.40 bits per heavy atom. The van der Waals surface area contributed by atoms with Gasteiger partial charge in [-0.15, -0.1) is 0 Å². The third-order valence-electron chi connectivity index (χ3n) is 3.75. The summed E-state index contributed by atoms with van der Waals surface area (Å²) in [6.45, 7) is 3.36. The number of hydrogen-bond acceptors (Lipinski definition) is 3. The lowest BCUT2D eigenvalue weighted by Gasteiger charge is -2.19. The molecule has 2 rings (SSSR count). The molecule has 2 N–H and O–H groups in total. The van der Waals surface area contributed by atoms with E-state index < -0.39 is 0 Å². The van der Waals surface area contributed by atoms with Gasteiger partial charge in [-0.3, -0.25) is 4.79 Å². The third-order valence-corrected chi connectivity index (χ3v) is 3.75. The van der Waals surface area contributed by atoms with Gasteiger partial charge in [-0.25, -0.2) is 0 Å². The minimum Gasteiger partial charge on any atom is -0.383 e. The number of hydrogen-bond donors (Lipinski definition) is 2. The zero-order chi connectivity index (χ0) is 14.5. The van der Waals surface area contributed by atoms with Crippen molar-refractivity contribution in [2.45, 2.75) is 38.3 Å². The summed E-state index contributed by atoms with van der Waals surface area (Å²) in [7, 11) is 3.54. The summed E-state index contributed by atoms with van der Waals surface area (Å²) in [5.74, 6) is 0.0414. The van der Waals surface area contributed by atoms with Crippen LogP contribution >= 0.6 is 0 Å². The molecular weight excluding hydrogens is 250 g/mol. The summed E-state index contributed by atoms with van der Waals surface area (Å²) in [4.78, 5) is 13.4. The molecule has 20 heavy (non-hydrogen) atoms. The van der Waals surface area contributed by atoms with Crippen molar-refractivity contribution in [3.63, 3.8) is 0 Å². The van der Waals surface area contributed by atoms with Crippen LogP contribution in [0.15, 0.2) is 24.3 Å². The lowest BCUT2D eigenvalue weighted by atomic mass is 10.1. The maximum Gasteiger partial charge on any atom is 0.253 e. The SMILES string of the molecule is CC(CC1CCCN1)Nc1ccc(C(=O)N(C)C)cc1. The van der Waals surface area contributed by atoms with Crippen LogP contribution in [-0.2, 0) is 0 Å². The largest absolute Gasteiger partial charge is 0.383 e. The van der Waals surface area contributed by atoms with Crippen molar-refractivity contribution in [3.8, 4) is 0 Å². The van der Waals surface area contributed by atoms with Gasteiger partial charge in [0.2, 0.25) is 0 Å². The summed E-state index contributed by atoms with van der Waals surface area (Å²) in [5.41, 5.74) is 1.80. The Balaban J connectivity index is 1.88. The first-order valence-electron chi connectivity index (χ1n) is 7.38. The summed E-state index contributed by atoms with van der Waals surface area (Å²) >= 11 is 0. The normalized spacial score (nSPS) is 19.6. The van der Waals surface area contributed by atoms with E-state index in [4.69, 9.17) is 0 Å². The van der Waals surface area contributed by atoms with Gasteiger partial charge >= 0.3 is 0 Å². The minimum absolute atomic E-state index is 0.0414. The van der Waals surface area contributed by atoms with Crippen molar-refractivity contribution < 1.29 is 4.79 Å². The van der Waals surface area contributed by atoms with Crippen LogP contribution in [0.2, 0.25) is 0 Å². The van der Waals surface area contributed by atoms with Gasteiger partial charge in [0.15, 0.2) is 0 Å². The lowest BCUT2D eigenvalue weighted by Crippen LogP contribution is -2.29. The maximum atomic E-state index is 11.8. The number of nitrogens with one attached hydrogen (secondary N) is 2. The van der Waals surface area contributed by atoms with Gasteiger partial charge in [-0.05, 0) is 57.0 Å². The number of amides is 1. The molecule has 0 aliphatic carbocycles. The van der Waals surface area contributed by atoms with E-state index in [1.54, 1.807) is 19.0 Å². The fourth-order valence-corrected chi connectivity index (χ4v) is 2.70. The first kappa shape index (κ1) is 14.9. The van der Waals surface area contributed by atoms with E-state index in [-0.39, 0.29) is 5.91 Å². The van der Waals surface area contributed by atoms with Gasteiger partial charge < -0.3 is 15.5 Å². The quantitative estimate of drug-likeness (QED) is 0.867. The Morgan fingerprint density at radius 3 is 2.65 bits per heavy atom. The summed E-state index contributed by atoms with van der Waals surface area (Å²) < 4.78 is 0. The Bertz CT molecular complexity index is 436. The smallest absolute Gasteiger partial charge is 0.253 e. The van der Waals surface area contributed by atoms with Gasteiger partial charge in [0.05, 0.1) is 0 Å². The molecule has 1 heterocycles. The Hall–Kier alpha value is -1.55. The van der Waals surface area contributed by atoms with Crippen LogP contribution in [0, 0.1) is 0 Å². The van der Waals surface area contributed by atoms with E-state index >= 15 is 0 Å². The number of carbonyl (C=O) groups is 1. The van der Waals surface area contributed by atoms with Crippen molar-refractivity contribution in [1.82, 2.24) is 10.2 Å². The highest BCUT2D eigenvalue weighted by molar-refractivity contribution is 5.94. The maximum absolute atomic E-state index is 11.8. The number of benzene rings is 1. The van der Waals surface area contributed by atoms with E-state index in [0.717, 1.165) is 24.2 Å². The predicted octanol–water partition coefficient (Wildman–Crippen LogP) is 2.33. The average Bonchev–Trinajstić information content (AvgIpc) is 2.91. The molecule has 2 atom stereocenters. The second-order valence-electron chi connectivity index (χ2n) is 5.85. The number of rotatable bonds is 5. The van der Waals surface area contributed by atoms with E-state index in [1.165, 1.54) is 12.8 Å². The molecule has 1 saturated heterocycles. The van der Waals surface area contributed by atoms with Crippen LogP contribution in [0.4, 0.5) is 5.69 Å². The molecule has 0 bridgehead atoms. The summed E-state index contributed by atoms with van der Waals surface area (Å²) in [6.07, 6.45) is 3.71. The van der Waals surface area contributed by atoms with Crippen molar-refractivity contribution >= 4 is 11.6 Å². The standard InChI is InChI=1S/C16H25N3O/c1-12(11-15-5-4-10-17-15)18-14-8-6-13(7-9-14)16(20)19(2)3/h6-9,12,15,17-18H,4-5,10-11H2,1-3H3. The van der Waals surface area contributed by atoms with Crippen LogP contribution in [0.25, 0.3) is 0 Å². The third kappa shape index (κ3) is 3.97. The average molecular weight is 275 g/mol. The van der Waals surface area contributed by atoms with Crippen molar-refractivity contribution in [2.75, 3.05) is 26.0 Å². The second-order valence-corrected chi connectivity index (χ2v) is 5.85. The van der Waals surface area contributed by atoms with Gasteiger partial charge in [0.1, 0.15) is 0 Å². The summed E-state index contributed by atoms with van der Waals surface area (Å²) in [6, 6.07) is 8.80. The fourth-order valence-electron chi connectivity index (χ4n) is 2.70. The molecule has 2 unspecified atom stereocenters. The van der Waals surface area contributed by atoms with Crippen LogP contribution in [0.1, 0.15) is 36.5 Å². The first-order valence-corrected chi connectivity index (χ1v) is 7.38. The first-order chi connectivity index (χ1) is 9.56. The number of nitrogens with zero attached hydrogens (tertiary/aromatic N) is 1. The molecule has 1 aliphatic heterocycles. The van der Waals surface area contributed by atoms with Crippen molar-refractivity contribution in [1.29, 1.82) is 0 Å². The Morgan fingerprint density at radius 2 is 2.10 bits per heavy atom. The predicted molar refractivity (Wildman–Crippen MR) is 83.2 cm³/mol. The van der Waals surface area contributed by atoms with Crippen molar-refractivity contribution in [2.24, 2.45) is 0 Å². The number of anilines is 1. The zero-order valence-electron chi connectivity index (χ0n) is 12.6. The Kier molecular flexibility index (Phi) is 5.01. The Labute approximate surface area is 121 Å². The molecule has 0 aromatic heterocycles. The monoisotopic (exact) mass is 275 g/mol. The van der Waals surface area contributed by atoms with Gasteiger partial charge in [0, 0.05) is 37.4 Å². The van der Waals surface area contributed by atoms with Crippen molar-refractivity contribution in [3.05, 3.63) is 29.8 Å². The molecule has 4 nitrogen and oxygen atoms in total. The molecule has 0 saturated carbocycles. The molecule has 1 aliphatic rings. The molecule has 0 spiro atoms. The van der Waals surface area contributed by atoms with E-state index in [0.29, 0.717) is 12.1 Å². The van der Waals surface area contributed by atoms with Gasteiger partial charge in [-0.2, -0.15) is 0 Å². The van der Waals surface area contributed by atoms with E-state index in [2.05, 4.69) is 17.6 Å². The summed E-state index contributed by atoms with van der Waals surface area (Å²) in [5, 5.41) is 7.02. The van der Waals surface area contributed by atoms with E-state index in [9.17, 15) is 4.79 Å². The van der Waals surface area contributed by atoms with Gasteiger partial charge in [-0.1, -0.05) is 0 Å². The van der Waals surface area contributed by atoms with Crippen LogP contribution < -0.4 is 10.6 Å². The molecule has 1 aromatic carbocycles. The molecular formula is C16H25N3O. The molecule has 1 amide bonds. The number of carbonyl (C=O) groups excluding carboxylic acids is 1. The highest BCUT2D eigenvalue weighted by Crippen LogP contribution is 2.16. The highest BCUT2D eigenvalue weighted by Gasteiger charge is 2.17. The molecule has 1 aromatic rings. The molecule has 0 radical (unpaired) electrons. The zero-order valence-corrected chi connectivity index (χ0v) is 12.6. The van der Waals surface area contributed by atoms with Crippen LogP contribution in [0.3, 0.4) is 0 Å².